The third kappa shape index (κ3) is 5.81. The quantitative estimate of drug-likeness (QED) is 0.558. The SMILES string of the molecule is CC1(C)CN(C(=O)[C@H](CCCN[C@@H]2C[C@H]2c2ccc(F)cc2)NC(=O)c2ccc(C#N)cc2)C1. The minimum atomic E-state index is -0.590. The van der Waals surface area contributed by atoms with E-state index in [1.54, 1.807) is 24.3 Å². The van der Waals surface area contributed by atoms with E-state index in [1.165, 1.54) is 12.1 Å². The lowest BCUT2D eigenvalue weighted by Crippen LogP contribution is -2.60. The number of hydrogen-bond donors (Lipinski definition) is 2. The molecule has 2 aromatic rings. The summed E-state index contributed by atoms with van der Waals surface area (Å²) in [6.07, 6.45) is 2.30. The molecule has 178 valence electrons. The maximum atomic E-state index is 13.1. The van der Waals surface area contributed by atoms with Crippen LogP contribution in [0.1, 0.15) is 60.5 Å². The van der Waals surface area contributed by atoms with Crippen LogP contribution >= 0.6 is 0 Å². The molecule has 2 N–H and O–H groups in total. The highest BCUT2D eigenvalue weighted by atomic mass is 19.1. The molecule has 0 radical (unpaired) electrons. The summed E-state index contributed by atoms with van der Waals surface area (Å²) < 4.78 is 13.1. The molecule has 2 aromatic carbocycles. The van der Waals surface area contributed by atoms with E-state index in [4.69, 9.17) is 5.26 Å². The minimum Gasteiger partial charge on any atom is -0.340 e. The zero-order valence-electron chi connectivity index (χ0n) is 19.7. The highest BCUT2D eigenvalue weighted by molar-refractivity contribution is 5.97. The Morgan fingerprint density at radius 2 is 1.82 bits per heavy atom. The zero-order valence-corrected chi connectivity index (χ0v) is 19.7. The Bertz CT molecular complexity index is 1070. The second-order valence-electron chi connectivity index (χ2n) is 10.2. The molecular formula is C27H31FN4O2. The summed E-state index contributed by atoms with van der Waals surface area (Å²) in [6.45, 7) is 6.37. The topological polar surface area (TPSA) is 85.2 Å². The summed E-state index contributed by atoms with van der Waals surface area (Å²) in [6, 6.07) is 14.9. The van der Waals surface area contributed by atoms with Crippen molar-refractivity contribution in [2.45, 2.75) is 51.1 Å². The van der Waals surface area contributed by atoms with Crippen LogP contribution < -0.4 is 10.6 Å². The molecule has 1 aliphatic heterocycles. The van der Waals surface area contributed by atoms with Gasteiger partial charge in [-0.2, -0.15) is 5.26 Å². The Morgan fingerprint density at radius 3 is 2.44 bits per heavy atom. The lowest BCUT2D eigenvalue weighted by atomic mass is 9.84. The maximum Gasteiger partial charge on any atom is 0.251 e. The van der Waals surface area contributed by atoms with Crippen LogP contribution in [-0.4, -0.2) is 48.4 Å². The number of hydrogen-bond acceptors (Lipinski definition) is 4. The fourth-order valence-corrected chi connectivity index (χ4v) is 4.65. The molecule has 3 atom stereocenters. The van der Waals surface area contributed by atoms with Gasteiger partial charge in [0.25, 0.3) is 5.91 Å². The Morgan fingerprint density at radius 1 is 1.15 bits per heavy atom. The molecule has 1 saturated heterocycles. The van der Waals surface area contributed by atoms with E-state index < -0.39 is 6.04 Å². The van der Waals surface area contributed by atoms with Crippen LogP contribution in [0.4, 0.5) is 4.39 Å². The predicted octanol–water partition coefficient (Wildman–Crippen LogP) is 3.59. The second-order valence-corrected chi connectivity index (χ2v) is 10.2. The highest BCUT2D eigenvalue weighted by Gasteiger charge is 2.40. The number of nitrogens with one attached hydrogen (secondary N) is 2. The van der Waals surface area contributed by atoms with Crippen molar-refractivity contribution in [3.05, 3.63) is 71.0 Å². The van der Waals surface area contributed by atoms with Crippen molar-refractivity contribution in [2.24, 2.45) is 5.41 Å². The van der Waals surface area contributed by atoms with Gasteiger partial charge in [0.05, 0.1) is 11.6 Å². The van der Waals surface area contributed by atoms with Gasteiger partial charge < -0.3 is 15.5 Å². The molecular weight excluding hydrogens is 431 g/mol. The summed E-state index contributed by atoms with van der Waals surface area (Å²) in [5, 5.41) is 15.4. The van der Waals surface area contributed by atoms with E-state index in [-0.39, 0.29) is 23.0 Å². The van der Waals surface area contributed by atoms with Crippen LogP contribution in [0.25, 0.3) is 0 Å². The summed E-state index contributed by atoms with van der Waals surface area (Å²) in [4.78, 5) is 27.7. The minimum absolute atomic E-state index is 0.0445. The second kappa shape index (κ2) is 9.94. The van der Waals surface area contributed by atoms with Gasteiger partial charge in [-0.3, -0.25) is 9.59 Å². The van der Waals surface area contributed by atoms with Crippen LogP contribution in [0.2, 0.25) is 0 Å². The van der Waals surface area contributed by atoms with E-state index >= 15 is 0 Å². The van der Waals surface area contributed by atoms with Crippen molar-refractivity contribution in [3.8, 4) is 6.07 Å². The van der Waals surface area contributed by atoms with Gasteiger partial charge in [0, 0.05) is 30.6 Å². The first kappa shape index (κ1) is 23.9. The zero-order chi connectivity index (χ0) is 24.3. The fraction of sp³-hybridized carbons (Fsp3) is 0.444. The van der Waals surface area contributed by atoms with E-state index in [0.29, 0.717) is 42.6 Å². The van der Waals surface area contributed by atoms with Crippen molar-refractivity contribution in [3.63, 3.8) is 0 Å². The van der Waals surface area contributed by atoms with Gasteiger partial charge in [0.2, 0.25) is 5.91 Å². The van der Waals surface area contributed by atoms with Crippen LogP contribution in [-0.2, 0) is 4.79 Å². The Hall–Kier alpha value is -3.24. The van der Waals surface area contributed by atoms with Crippen molar-refractivity contribution < 1.29 is 14.0 Å². The number of benzene rings is 2. The summed E-state index contributed by atoms with van der Waals surface area (Å²) >= 11 is 0. The van der Waals surface area contributed by atoms with E-state index in [2.05, 4.69) is 24.5 Å². The molecule has 0 unspecified atom stereocenters. The molecule has 2 aliphatic rings. The van der Waals surface area contributed by atoms with Crippen molar-refractivity contribution >= 4 is 11.8 Å². The molecule has 1 aliphatic carbocycles. The van der Waals surface area contributed by atoms with Crippen LogP contribution in [0.3, 0.4) is 0 Å². The van der Waals surface area contributed by atoms with Crippen molar-refractivity contribution in [2.75, 3.05) is 19.6 Å². The summed E-state index contributed by atoms with van der Waals surface area (Å²) in [7, 11) is 0. The largest absolute Gasteiger partial charge is 0.340 e. The van der Waals surface area contributed by atoms with Gasteiger partial charge in [-0.05, 0) is 73.2 Å². The van der Waals surface area contributed by atoms with E-state index in [9.17, 15) is 14.0 Å². The third-order valence-corrected chi connectivity index (χ3v) is 6.59. The molecule has 0 spiro atoms. The Kier molecular flexibility index (Phi) is 6.99. The molecule has 2 fully saturated rings. The number of nitrogens with zero attached hydrogens (tertiary/aromatic N) is 2. The fourth-order valence-electron chi connectivity index (χ4n) is 4.65. The number of carbonyl (C=O) groups is 2. The number of nitriles is 1. The van der Waals surface area contributed by atoms with Crippen molar-refractivity contribution in [1.29, 1.82) is 5.26 Å². The first-order chi connectivity index (χ1) is 16.3. The van der Waals surface area contributed by atoms with E-state index in [1.807, 2.05) is 23.1 Å². The third-order valence-electron chi connectivity index (χ3n) is 6.59. The maximum absolute atomic E-state index is 13.1. The van der Waals surface area contributed by atoms with Crippen LogP contribution in [0.5, 0.6) is 0 Å². The number of carbonyl (C=O) groups excluding carboxylic acids is 2. The Labute approximate surface area is 200 Å². The van der Waals surface area contributed by atoms with Crippen LogP contribution in [0.15, 0.2) is 48.5 Å². The molecule has 7 heteroatoms. The lowest BCUT2D eigenvalue weighted by molar-refractivity contribution is -0.143. The molecule has 0 bridgehead atoms. The van der Waals surface area contributed by atoms with Gasteiger partial charge in [-0.15, -0.1) is 0 Å². The first-order valence-electron chi connectivity index (χ1n) is 11.8. The standard InChI is InChI=1S/C27H31FN4O2/c1-27(2)16-32(17-27)26(34)23(31-25(33)20-7-5-18(15-29)6-8-20)4-3-13-30-24-14-22(24)19-9-11-21(28)12-10-19/h5-12,22-24,30H,3-4,13-14,16-17H2,1-2H3,(H,31,33)/t22-,23-,24+/m0/s1. The van der Waals surface area contributed by atoms with Crippen molar-refractivity contribution in [1.82, 2.24) is 15.5 Å². The molecule has 1 saturated carbocycles. The molecule has 2 amide bonds. The monoisotopic (exact) mass is 462 g/mol. The lowest BCUT2D eigenvalue weighted by Gasteiger charge is -2.47. The van der Waals surface area contributed by atoms with Gasteiger partial charge in [0.15, 0.2) is 0 Å². The van der Waals surface area contributed by atoms with Crippen LogP contribution in [0, 0.1) is 22.6 Å². The molecule has 34 heavy (non-hydrogen) atoms. The van der Waals surface area contributed by atoms with E-state index in [0.717, 1.165) is 24.9 Å². The smallest absolute Gasteiger partial charge is 0.251 e. The average molecular weight is 463 g/mol. The molecule has 4 rings (SSSR count). The predicted molar refractivity (Wildman–Crippen MR) is 128 cm³/mol. The van der Waals surface area contributed by atoms with Gasteiger partial charge in [-0.25, -0.2) is 4.39 Å². The highest BCUT2D eigenvalue weighted by Crippen LogP contribution is 2.40. The molecule has 6 nitrogen and oxygen atoms in total. The average Bonchev–Trinajstić information content (AvgIpc) is 3.59. The van der Waals surface area contributed by atoms with Gasteiger partial charge in [-0.1, -0.05) is 26.0 Å². The number of amides is 2. The molecule has 0 aromatic heterocycles. The summed E-state index contributed by atoms with van der Waals surface area (Å²) in [5.41, 5.74) is 2.17. The van der Waals surface area contributed by atoms with Gasteiger partial charge >= 0.3 is 0 Å². The Balaban J connectivity index is 1.30. The molecule has 1 heterocycles. The number of likely N-dealkylation sites (tertiary alicyclic amines) is 1. The summed E-state index contributed by atoms with van der Waals surface area (Å²) in [5.74, 6) is -0.179. The number of rotatable bonds is 9. The first-order valence-corrected chi connectivity index (χ1v) is 11.8. The van der Waals surface area contributed by atoms with Gasteiger partial charge in [0.1, 0.15) is 11.9 Å². The normalized spacial score (nSPS) is 21.2. The number of halogens is 1.